The van der Waals surface area contributed by atoms with Gasteiger partial charge in [-0.2, -0.15) is 0 Å². The van der Waals surface area contributed by atoms with Gasteiger partial charge in [0.15, 0.2) is 0 Å². The molecule has 0 unspecified atom stereocenters. The van der Waals surface area contributed by atoms with Gasteiger partial charge < -0.3 is 4.90 Å². The number of amides is 1. The van der Waals surface area contributed by atoms with Gasteiger partial charge in [0.25, 0.3) is 5.91 Å². The van der Waals surface area contributed by atoms with E-state index in [-0.39, 0.29) is 5.91 Å². The fourth-order valence-corrected chi connectivity index (χ4v) is 1.98. The highest BCUT2D eigenvalue weighted by atomic mass is 35.5. The van der Waals surface area contributed by atoms with Crippen molar-refractivity contribution in [3.63, 3.8) is 0 Å². The third kappa shape index (κ3) is 3.46. The van der Waals surface area contributed by atoms with Crippen molar-refractivity contribution in [2.75, 3.05) is 7.05 Å². The predicted molar refractivity (Wildman–Crippen MR) is 76.5 cm³/mol. The summed E-state index contributed by atoms with van der Waals surface area (Å²) in [6.45, 7) is 0.493. The third-order valence-electron chi connectivity index (χ3n) is 2.66. The number of carbonyl (C=O) groups is 1. The van der Waals surface area contributed by atoms with Gasteiger partial charge in [0.1, 0.15) is 0 Å². The topological polar surface area (TPSA) is 33.2 Å². The van der Waals surface area contributed by atoms with Crippen molar-refractivity contribution in [1.82, 2.24) is 9.88 Å². The second-order valence-corrected chi connectivity index (χ2v) is 4.97. The van der Waals surface area contributed by atoms with Crippen LogP contribution < -0.4 is 0 Å². The number of hydrogen-bond acceptors (Lipinski definition) is 2. The number of pyridine rings is 1. The molecule has 0 aliphatic heterocycles. The zero-order valence-corrected chi connectivity index (χ0v) is 11.8. The molecule has 0 bridgehead atoms. The van der Waals surface area contributed by atoms with Crippen molar-refractivity contribution in [1.29, 1.82) is 0 Å². The molecular weight excluding hydrogens is 283 g/mol. The summed E-state index contributed by atoms with van der Waals surface area (Å²) in [6, 6.07) is 8.62. The van der Waals surface area contributed by atoms with Gasteiger partial charge in [0.05, 0.1) is 10.0 Å². The molecule has 19 heavy (non-hydrogen) atoms. The molecule has 1 amide bonds. The molecule has 1 aromatic heterocycles. The molecule has 98 valence electrons. The monoisotopic (exact) mass is 294 g/mol. The van der Waals surface area contributed by atoms with E-state index in [2.05, 4.69) is 4.98 Å². The summed E-state index contributed by atoms with van der Waals surface area (Å²) in [5.74, 6) is -0.109. The van der Waals surface area contributed by atoms with Crippen molar-refractivity contribution in [3.8, 4) is 0 Å². The van der Waals surface area contributed by atoms with E-state index in [0.29, 0.717) is 22.2 Å². The van der Waals surface area contributed by atoms with Crippen LogP contribution in [0.25, 0.3) is 0 Å². The van der Waals surface area contributed by atoms with E-state index in [1.807, 2.05) is 12.1 Å². The maximum Gasteiger partial charge on any atom is 0.253 e. The molecule has 0 saturated heterocycles. The summed E-state index contributed by atoms with van der Waals surface area (Å²) < 4.78 is 0. The van der Waals surface area contributed by atoms with Gasteiger partial charge in [-0.1, -0.05) is 29.3 Å². The molecule has 2 aromatic rings. The summed E-state index contributed by atoms with van der Waals surface area (Å²) in [4.78, 5) is 17.8. The molecule has 0 atom stereocenters. The Bertz CT molecular complexity index is 587. The van der Waals surface area contributed by atoms with Crippen molar-refractivity contribution < 1.29 is 4.79 Å². The summed E-state index contributed by atoms with van der Waals surface area (Å²) in [5.41, 5.74) is 1.49. The zero-order valence-electron chi connectivity index (χ0n) is 10.3. The minimum absolute atomic E-state index is 0.109. The fourth-order valence-electron chi connectivity index (χ4n) is 1.69. The van der Waals surface area contributed by atoms with E-state index in [9.17, 15) is 4.79 Å². The second kappa shape index (κ2) is 6.04. The summed E-state index contributed by atoms with van der Waals surface area (Å²) >= 11 is 11.7. The summed E-state index contributed by atoms with van der Waals surface area (Å²) in [5, 5.41) is 0.815. The molecule has 0 fully saturated rings. The Morgan fingerprint density at radius 1 is 1.26 bits per heavy atom. The van der Waals surface area contributed by atoms with Crippen LogP contribution in [0.15, 0.2) is 42.7 Å². The van der Waals surface area contributed by atoms with Gasteiger partial charge in [-0.15, -0.1) is 0 Å². The number of carbonyl (C=O) groups excluding carboxylic acids is 1. The lowest BCUT2D eigenvalue weighted by Crippen LogP contribution is -2.26. The van der Waals surface area contributed by atoms with E-state index in [0.717, 1.165) is 5.56 Å². The van der Waals surface area contributed by atoms with Gasteiger partial charge in [0, 0.05) is 31.5 Å². The lowest BCUT2D eigenvalue weighted by atomic mass is 10.2. The molecule has 0 saturated carbocycles. The number of benzene rings is 1. The Morgan fingerprint density at radius 3 is 2.68 bits per heavy atom. The van der Waals surface area contributed by atoms with Gasteiger partial charge >= 0.3 is 0 Å². The van der Waals surface area contributed by atoms with E-state index in [1.165, 1.54) is 0 Å². The van der Waals surface area contributed by atoms with E-state index in [1.54, 1.807) is 42.5 Å². The largest absolute Gasteiger partial charge is 0.337 e. The molecule has 1 heterocycles. The standard InChI is InChI=1S/C14H12Cl2N2O/c1-18(9-10-3-2-6-17-8-10)14(19)11-4-5-12(15)13(16)7-11/h2-8H,9H2,1H3. The molecule has 1 aromatic carbocycles. The highest BCUT2D eigenvalue weighted by molar-refractivity contribution is 6.42. The van der Waals surface area contributed by atoms with Gasteiger partial charge in [-0.3, -0.25) is 9.78 Å². The van der Waals surface area contributed by atoms with Crippen molar-refractivity contribution in [2.24, 2.45) is 0 Å². The number of halogens is 2. The molecular formula is C14H12Cl2N2O. The molecule has 2 rings (SSSR count). The fraction of sp³-hybridized carbons (Fsp3) is 0.143. The number of nitrogens with zero attached hydrogens (tertiary/aromatic N) is 2. The van der Waals surface area contributed by atoms with Gasteiger partial charge in [-0.05, 0) is 29.8 Å². The second-order valence-electron chi connectivity index (χ2n) is 4.15. The Morgan fingerprint density at radius 2 is 2.05 bits per heavy atom. The lowest BCUT2D eigenvalue weighted by molar-refractivity contribution is 0.0785. The summed E-state index contributed by atoms with van der Waals surface area (Å²) in [7, 11) is 1.73. The Labute approximate surface area is 121 Å². The average Bonchev–Trinajstić information content (AvgIpc) is 2.42. The first-order chi connectivity index (χ1) is 9.08. The SMILES string of the molecule is CN(Cc1cccnc1)C(=O)c1ccc(Cl)c(Cl)c1. The average molecular weight is 295 g/mol. The minimum atomic E-state index is -0.109. The molecule has 0 spiro atoms. The van der Waals surface area contributed by atoms with E-state index >= 15 is 0 Å². The number of hydrogen-bond donors (Lipinski definition) is 0. The predicted octanol–water partition coefficient (Wildman–Crippen LogP) is 3.66. The maximum atomic E-state index is 12.2. The van der Waals surface area contributed by atoms with Crippen LogP contribution in [0.5, 0.6) is 0 Å². The van der Waals surface area contributed by atoms with Crippen LogP contribution in [0, 0.1) is 0 Å². The van der Waals surface area contributed by atoms with Crippen LogP contribution in [-0.4, -0.2) is 22.8 Å². The minimum Gasteiger partial charge on any atom is -0.337 e. The first-order valence-electron chi connectivity index (χ1n) is 5.67. The molecule has 5 heteroatoms. The third-order valence-corrected chi connectivity index (χ3v) is 3.39. The van der Waals surface area contributed by atoms with Crippen molar-refractivity contribution >= 4 is 29.1 Å². The first-order valence-corrected chi connectivity index (χ1v) is 6.43. The summed E-state index contributed by atoms with van der Waals surface area (Å²) in [6.07, 6.45) is 3.43. The lowest BCUT2D eigenvalue weighted by Gasteiger charge is -2.17. The Hall–Kier alpha value is -1.58. The molecule has 0 N–H and O–H groups in total. The highest BCUT2D eigenvalue weighted by Crippen LogP contribution is 2.23. The van der Waals surface area contributed by atoms with Crippen molar-refractivity contribution in [2.45, 2.75) is 6.54 Å². The maximum absolute atomic E-state index is 12.2. The van der Waals surface area contributed by atoms with Gasteiger partial charge in [0.2, 0.25) is 0 Å². The Balaban J connectivity index is 2.12. The number of aromatic nitrogens is 1. The normalized spacial score (nSPS) is 10.3. The van der Waals surface area contributed by atoms with Crippen LogP contribution in [0.2, 0.25) is 10.0 Å². The van der Waals surface area contributed by atoms with E-state index in [4.69, 9.17) is 23.2 Å². The smallest absolute Gasteiger partial charge is 0.253 e. The Kier molecular flexibility index (Phi) is 4.40. The quantitative estimate of drug-likeness (QED) is 0.865. The van der Waals surface area contributed by atoms with Crippen LogP contribution in [0.1, 0.15) is 15.9 Å². The van der Waals surface area contributed by atoms with Crippen LogP contribution in [-0.2, 0) is 6.54 Å². The van der Waals surface area contributed by atoms with Crippen LogP contribution in [0.3, 0.4) is 0 Å². The van der Waals surface area contributed by atoms with Crippen molar-refractivity contribution in [3.05, 3.63) is 63.9 Å². The molecule has 0 aliphatic rings. The zero-order chi connectivity index (χ0) is 13.8. The molecule has 0 radical (unpaired) electrons. The number of rotatable bonds is 3. The van der Waals surface area contributed by atoms with Crippen LogP contribution in [0.4, 0.5) is 0 Å². The molecule has 3 nitrogen and oxygen atoms in total. The highest BCUT2D eigenvalue weighted by Gasteiger charge is 2.13. The first kappa shape index (κ1) is 13.8. The van der Waals surface area contributed by atoms with E-state index < -0.39 is 0 Å². The van der Waals surface area contributed by atoms with Gasteiger partial charge in [-0.25, -0.2) is 0 Å². The van der Waals surface area contributed by atoms with Crippen LogP contribution >= 0.6 is 23.2 Å². The molecule has 0 aliphatic carbocycles.